The van der Waals surface area contributed by atoms with Crippen molar-refractivity contribution in [3.05, 3.63) is 47.4 Å². The van der Waals surface area contributed by atoms with Crippen LogP contribution in [0, 0.1) is 12.8 Å². The molecule has 0 aromatic carbocycles. The second kappa shape index (κ2) is 9.29. The first-order valence-electron chi connectivity index (χ1n) is 11.7. The van der Waals surface area contributed by atoms with Crippen LogP contribution in [0.3, 0.4) is 0 Å². The number of aryl methyl sites for hydroxylation is 1. The van der Waals surface area contributed by atoms with E-state index in [0.717, 1.165) is 35.1 Å². The normalized spacial score (nSPS) is 16.6. The molecular formula is C25H32N6O2. The molecule has 4 rings (SSSR count). The third-order valence-electron chi connectivity index (χ3n) is 6.14. The summed E-state index contributed by atoms with van der Waals surface area (Å²) >= 11 is 0. The van der Waals surface area contributed by atoms with Crippen molar-refractivity contribution in [1.29, 1.82) is 0 Å². The molecule has 3 aromatic rings. The van der Waals surface area contributed by atoms with Crippen molar-refractivity contribution >= 4 is 28.7 Å². The number of rotatable bonds is 5. The van der Waals surface area contributed by atoms with Gasteiger partial charge in [-0.2, -0.15) is 5.10 Å². The van der Waals surface area contributed by atoms with Gasteiger partial charge in [0.2, 0.25) is 5.91 Å². The van der Waals surface area contributed by atoms with E-state index in [1.807, 2.05) is 23.7 Å². The fourth-order valence-corrected chi connectivity index (χ4v) is 4.20. The van der Waals surface area contributed by atoms with Crippen LogP contribution < -0.4 is 5.32 Å². The topological polar surface area (TPSA) is 93.0 Å². The van der Waals surface area contributed by atoms with E-state index in [-0.39, 0.29) is 29.7 Å². The third kappa shape index (κ3) is 4.74. The standard InChI is InChI=1S/C25H32N6O2/c1-15(2)21-11-19(20-13-27-31(16(3)4)23(20)28-21)25(33)30-10-6-7-18(14-30)24(32)29-22-9-8-17(5)12-26-22/h8-9,11-13,15-16,18H,6-7,10,14H2,1-5H3,(H,26,29,32). The lowest BCUT2D eigenvalue weighted by Crippen LogP contribution is -2.44. The zero-order valence-corrected chi connectivity index (χ0v) is 20.0. The van der Waals surface area contributed by atoms with Gasteiger partial charge >= 0.3 is 0 Å². The Balaban J connectivity index is 1.58. The number of pyridine rings is 2. The van der Waals surface area contributed by atoms with Crippen molar-refractivity contribution in [1.82, 2.24) is 24.6 Å². The molecule has 174 valence electrons. The number of nitrogens with zero attached hydrogens (tertiary/aromatic N) is 5. The molecule has 1 fully saturated rings. The van der Waals surface area contributed by atoms with Crippen LogP contribution in [0.25, 0.3) is 11.0 Å². The van der Waals surface area contributed by atoms with Gasteiger partial charge in [0.15, 0.2) is 5.65 Å². The molecule has 0 bridgehead atoms. The largest absolute Gasteiger partial charge is 0.338 e. The van der Waals surface area contributed by atoms with Crippen LogP contribution in [0.5, 0.6) is 0 Å². The molecule has 1 aliphatic rings. The minimum atomic E-state index is -0.272. The fraction of sp³-hybridized carbons (Fsp3) is 0.480. The van der Waals surface area contributed by atoms with Crippen molar-refractivity contribution in [2.45, 2.75) is 59.4 Å². The highest BCUT2D eigenvalue weighted by atomic mass is 16.2. The van der Waals surface area contributed by atoms with Crippen LogP contribution in [0.1, 0.15) is 74.1 Å². The Morgan fingerprint density at radius 2 is 1.94 bits per heavy atom. The number of carbonyl (C=O) groups is 2. The number of piperidine rings is 1. The molecule has 1 saturated heterocycles. The van der Waals surface area contributed by atoms with Gasteiger partial charge in [-0.1, -0.05) is 19.9 Å². The SMILES string of the molecule is Cc1ccc(NC(=O)C2CCCN(C(=O)c3cc(C(C)C)nc4c3cnn4C(C)C)C2)nc1. The maximum absolute atomic E-state index is 13.6. The molecule has 0 radical (unpaired) electrons. The molecule has 3 aromatic heterocycles. The Labute approximate surface area is 194 Å². The van der Waals surface area contributed by atoms with Crippen LogP contribution in [-0.2, 0) is 4.79 Å². The summed E-state index contributed by atoms with van der Waals surface area (Å²) in [5, 5.41) is 8.15. The molecular weight excluding hydrogens is 416 g/mol. The molecule has 1 aliphatic heterocycles. The first-order chi connectivity index (χ1) is 15.7. The number of hydrogen-bond donors (Lipinski definition) is 1. The number of fused-ring (bicyclic) bond motifs is 1. The van der Waals surface area contributed by atoms with E-state index in [1.165, 1.54) is 0 Å². The lowest BCUT2D eigenvalue weighted by atomic mass is 9.96. The van der Waals surface area contributed by atoms with Gasteiger partial charge in [-0.25, -0.2) is 14.6 Å². The number of aromatic nitrogens is 4. The van der Waals surface area contributed by atoms with E-state index in [1.54, 1.807) is 23.4 Å². The Hall–Kier alpha value is -3.29. The van der Waals surface area contributed by atoms with Gasteiger partial charge in [0.05, 0.1) is 23.1 Å². The molecule has 2 amide bonds. The molecule has 0 spiro atoms. The molecule has 8 nitrogen and oxygen atoms in total. The van der Waals surface area contributed by atoms with Crippen LogP contribution in [-0.4, -0.2) is 49.6 Å². The summed E-state index contributed by atoms with van der Waals surface area (Å²) in [5.74, 6) is 0.273. The molecule has 1 unspecified atom stereocenters. The average molecular weight is 449 g/mol. The van der Waals surface area contributed by atoms with Crippen molar-refractivity contribution in [2.75, 3.05) is 18.4 Å². The van der Waals surface area contributed by atoms with Crippen LogP contribution in [0.15, 0.2) is 30.6 Å². The summed E-state index contributed by atoms with van der Waals surface area (Å²) in [4.78, 5) is 37.4. The second-order valence-corrected chi connectivity index (χ2v) is 9.47. The second-order valence-electron chi connectivity index (χ2n) is 9.47. The maximum atomic E-state index is 13.6. The first kappa shape index (κ1) is 22.9. The molecule has 8 heteroatoms. The number of amides is 2. The van der Waals surface area contributed by atoms with Crippen LogP contribution >= 0.6 is 0 Å². The number of nitrogens with one attached hydrogen (secondary N) is 1. The van der Waals surface area contributed by atoms with E-state index < -0.39 is 0 Å². The van der Waals surface area contributed by atoms with Crippen LogP contribution in [0.4, 0.5) is 5.82 Å². The van der Waals surface area contributed by atoms with Crippen molar-refractivity contribution in [3.63, 3.8) is 0 Å². The van der Waals surface area contributed by atoms with Gasteiger partial charge in [-0.15, -0.1) is 0 Å². The summed E-state index contributed by atoms with van der Waals surface area (Å²) in [7, 11) is 0. The minimum Gasteiger partial charge on any atom is -0.338 e. The minimum absolute atomic E-state index is 0.0708. The number of anilines is 1. The van der Waals surface area contributed by atoms with Crippen molar-refractivity contribution in [2.24, 2.45) is 5.92 Å². The summed E-state index contributed by atoms with van der Waals surface area (Å²) in [6, 6.07) is 5.74. The van der Waals surface area contributed by atoms with Gasteiger partial charge in [0, 0.05) is 31.0 Å². The Morgan fingerprint density at radius 1 is 1.15 bits per heavy atom. The Bertz CT molecular complexity index is 1170. The lowest BCUT2D eigenvalue weighted by Gasteiger charge is -2.32. The zero-order valence-electron chi connectivity index (χ0n) is 20.0. The Kier molecular flexibility index (Phi) is 6.44. The lowest BCUT2D eigenvalue weighted by molar-refractivity contribution is -0.121. The first-order valence-corrected chi connectivity index (χ1v) is 11.7. The quantitative estimate of drug-likeness (QED) is 0.627. The fourth-order valence-electron chi connectivity index (χ4n) is 4.20. The third-order valence-corrected chi connectivity index (χ3v) is 6.14. The van der Waals surface area contributed by atoms with E-state index >= 15 is 0 Å². The summed E-state index contributed by atoms with van der Waals surface area (Å²) < 4.78 is 1.86. The molecule has 1 atom stereocenters. The molecule has 33 heavy (non-hydrogen) atoms. The van der Waals surface area contributed by atoms with Gasteiger partial charge in [0.25, 0.3) is 5.91 Å². The molecule has 0 aliphatic carbocycles. The average Bonchev–Trinajstić information content (AvgIpc) is 3.24. The molecule has 0 saturated carbocycles. The molecule has 4 heterocycles. The highest BCUT2D eigenvalue weighted by molar-refractivity contribution is 6.06. The van der Waals surface area contributed by atoms with Crippen molar-refractivity contribution in [3.8, 4) is 0 Å². The van der Waals surface area contributed by atoms with Gasteiger partial charge < -0.3 is 10.2 Å². The predicted molar refractivity (Wildman–Crippen MR) is 128 cm³/mol. The van der Waals surface area contributed by atoms with E-state index in [9.17, 15) is 9.59 Å². The predicted octanol–water partition coefficient (Wildman–Crippen LogP) is 4.33. The number of hydrogen-bond acceptors (Lipinski definition) is 5. The van der Waals surface area contributed by atoms with Gasteiger partial charge in [-0.3, -0.25) is 9.59 Å². The highest BCUT2D eigenvalue weighted by Gasteiger charge is 2.31. The van der Waals surface area contributed by atoms with Crippen LogP contribution in [0.2, 0.25) is 0 Å². The maximum Gasteiger partial charge on any atom is 0.254 e. The Morgan fingerprint density at radius 3 is 2.61 bits per heavy atom. The van der Waals surface area contributed by atoms with Crippen molar-refractivity contribution < 1.29 is 9.59 Å². The van der Waals surface area contributed by atoms with E-state index in [4.69, 9.17) is 4.98 Å². The summed E-state index contributed by atoms with van der Waals surface area (Å²) in [5.41, 5.74) is 3.24. The monoisotopic (exact) mass is 448 g/mol. The van der Waals surface area contributed by atoms with E-state index in [2.05, 4.69) is 43.1 Å². The number of likely N-dealkylation sites (tertiary alicyclic amines) is 1. The highest BCUT2D eigenvalue weighted by Crippen LogP contribution is 2.27. The summed E-state index contributed by atoms with van der Waals surface area (Å²) in [6.07, 6.45) is 4.99. The zero-order chi connectivity index (χ0) is 23.7. The summed E-state index contributed by atoms with van der Waals surface area (Å²) in [6.45, 7) is 11.2. The van der Waals surface area contributed by atoms with Gasteiger partial charge in [0.1, 0.15) is 5.82 Å². The van der Waals surface area contributed by atoms with E-state index in [0.29, 0.717) is 24.5 Å². The van der Waals surface area contributed by atoms with Gasteiger partial charge in [-0.05, 0) is 57.2 Å². The smallest absolute Gasteiger partial charge is 0.254 e. The molecule has 1 N–H and O–H groups in total. The number of carbonyl (C=O) groups excluding carboxylic acids is 2.